The Morgan fingerprint density at radius 2 is 2.18 bits per heavy atom. The third-order valence-electron chi connectivity index (χ3n) is 3.19. The van der Waals surface area contributed by atoms with Crippen LogP contribution in [-0.2, 0) is 11.2 Å². The largest absolute Gasteiger partial charge is 0.494 e. The second-order valence-corrected chi connectivity index (χ2v) is 4.49. The zero-order valence-electron chi connectivity index (χ0n) is 9.50. The first-order chi connectivity index (χ1) is 8.19. The van der Waals surface area contributed by atoms with E-state index in [-0.39, 0.29) is 11.5 Å². The van der Waals surface area contributed by atoms with E-state index in [1.165, 1.54) is 13.2 Å². The summed E-state index contributed by atoms with van der Waals surface area (Å²) < 4.78 is 18.4. The third-order valence-corrected chi connectivity index (χ3v) is 3.19. The van der Waals surface area contributed by atoms with Gasteiger partial charge in [-0.1, -0.05) is 0 Å². The molecule has 2 aliphatic rings. The van der Waals surface area contributed by atoms with E-state index < -0.39 is 5.82 Å². The standard InChI is InChI=1S/C13H12FNO2/c1-17-12-5-8-4-11(16)13(7-2-3-7)15-10(8)6-9(12)14/h5-7H,2-4H2,1H3. The summed E-state index contributed by atoms with van der Waals surface area (Å²) in [5.41, 5.74) is 1.95. The molecule has 88 valence electrons. The van der Waals surface area contributed by atoms with E-state index in [4.69, 9.17) is 4.74 Å². The van der Waals surface area contributed by atoms with Gasteiger partial charge in [0.25, 0.3) is 0 Å². The lowest BCUT2D eigenvalue weighted by atomic mass is 9.97. The monoisotopic (exact) mass is 233 g/mol. The summed E-state index contributed by atoms with van der Waals surface area (Å²) in [7, 11) is 1.41. The van der Waals surface area contributed by atoms with Gasteiger partial charge in [-0.15, -0.1) is 0 Å². The Bertz CT molecular complexity index is 532. The zero-order valence-corrected chi connectivity index (χ0v) is 9.50. The fraction of sp³-hybridized carbons (Fsp3) is 0.385. The molecular formula is C13H12FNO2. The van der Waals surface area contributed by atoms with Crippen molar-refractivity contribution in [2.24, 2.45) is 10.9 Å². The van der Waals surface area contributed by atoms with E-state index in [0.717, 1.165) is 18.4 Å². The first kappa shape index (κ1) is 10.4. The number of rotatable bonds is 2. The SMILES string of the molecule is COc1cc2c(cc1F)N=C(C1CC1)C(=O)C2. The van der Waals surface area contributed by atoms with Crippen LogP contribution >= 0.6 is 0 Å². The summed E-state index contributed by atoms with van der Waals surface area (Å²) in [6, 6.07) is 2.92. The van der Waals surface area contributed by atoms with Gasteiger partial charge in [-0.05, 0) is 24.5 Å². The average Bonchev–Trinajstić information content (AvgIpc) is 3.12. The van der Waals surface area contributed by atoms with Gasteiger partial charge >= 0.3 is 0 Å². The Balaban J connectivity index is 2.08. The molecule has 0 spiro atoms. The summed E-state index contributed by atoms with van der Waals surface area (Å²) in [4.78, 5) is 16.2. The zero-order chi connectivity index (χ0) is 12.0. The molecule has 3 nitrogen and oxygen atoms in total. The van der Waals surface area contributed by atoms with E-state index in [1.807, 2.05) is 0 Å². The van der Waals surface area contributed by atoms with Gasteiger partial charge in [-0.3, -0.25) is 4.79 Å². The number of carbonyl (C=O) groups excluding carboxylic acids is 1. The fourth-order valence-corrected chi connectivity index (χ4v) is 2.12. The molecule has 1 fully saturated rings. The van der Waals surface area contributed by atoms with Crippen molar-refractivity contribution in [3.8, 4) is 5.75 Å². The highest BCUT2D eigenvalue weighted by Gasteiger charge is 2.34. The number of fused-ring (bicyclic) bond motifs is 1. The van der Waals surface area contributed by atoms with Crippen LogP contribution in [0.15, 0.2) is 17.1 Å². The van der Waals surface area contributed by atoms with Gasteiger partial charge in [0.05, 0.1) is 18.5 Å². The van der Waals surface area contributed by atoms with Crippen molar-refractivity contribution in [1.29, 1.82) is 0 Å². The molecular weight excluding hydrogens is 221 g/mol. The van der Waals surface area contributed by atoms with Crippen molar-refractivity contribution < 1.29 is 13.9 Å². The van der Waals surface area contributed by atoms with Gasteiger partial charge in [0.1, 0.15) is 0 Å². The van der Waals surface area contributed by atoms with E-state index in [9.17, 15) is 9.18 Å². The maximum atomic E-state index is 13.5. The van der Waals surface area contributed by atoms with Crippen LogP contribution in [0.5, 0.6) is 5.75 Å². The molecule has 3 rings (SSSR count). The molecule has 0 saturated heterocycles. The Kier molecular flexibility index (Phi) is 2.24. The van der Waals surface area contributed by atoms with Gasteiger partial charge in [0.15, 0.2) is 17.3 Å². The minimum absolute atomic E-state index is 0.0636. The molecule has 1 aliphatic carbocycles. The minimum Gasteiger partial charge on any atom is -0.494 e. The maximum absolute atomic E-state index is 13.5. The molecule has 4 heteroatoms. The molecule has 0 radical (unpaired) electrons. The number of carbonyl (C=O) groups is 1. The van der Waals surface area contributed by atoms with Gasteiger partial charge in [0, 0.05) is 18.4 Å². The average molecular weight is 233 g/mol. The molecule has 0 bridgehead atoms. The molecule has 0 amide bonds. The number of hydrogen-bond acceptors (Lipinski definition) is 3. The van der Waals surface area contributed by atoms with Crippen LogP contribution in [0.1, 0.15) is 18.4 Å². The summed E-state index contributed by atoms with van der Waals surface area (Å²) in [6.07, 6.45) is 2.36. The molecule has 0 N–H and O–H groups in total. The van der Waals surface area contributed by atoms with Crippen LogP contribution < -0.4 is 4.74 Å². The highest BCUT2D eigenvalue weighted by Crippen LogP contribution is 2.37. The number of halogens is 1. The predicted octanol–water partition coefficient (Wildman–Crippen LogP) is 2.44. The van der Waals surface area contributed by atoms with Gasteiger partial charge < -0.3 is 4.74 Å². The van der Waals surface area contributed by atoms with Gasteiger partial charge in [-0.2, -0.15) is 0 Å². The number of ether oxygens (including phenoxy) is 1. The second-order valence-electron chi connectivity index (χ2n) is 4.49. The number of Topliss-reactive ketones (excluding diaryl/α,β-unsaturated/α-hetero) is 1. The van der Waals surface area contributed by atoms with E-state index in [2.05, 4.69) is 4.99 Å². The lowest BCUT2D eigenvalue weighted by molar-refractivity contribution is -0.112. The summed E-state index contributed by atoms with van der Waals surface area (Å²) >= 11 is 0. The molecule has 1 saturated carbocycles. The summed E-state index contributed by atoms with van der Waals surface area (Å²) in [6.45, 7) is 0. The molecule has 0 atom stereocenters. The van der Waals surface area contributed by atoms with E-state index in [0.29, 0.717) is 23.7 Å². The molecule has 1 aromatic rings. The molecule has 1 heterocycles. The van der Waals surface area contributed by atoms with Crippen LogP contribution in [0.25, 0.3) is 0 Å². The number of benzene rings is 1. The number of hydrogen-bond donors (Lipinski definition) is 0. The number of methoxy groups -OCH3 is 1. The number of nitrogens with zero attached hydrogens (tertiary/aromatic N) is 1. The van der Waals surface area contributed by atoms with Crippen molar-refractivity contribution in [2.75, 3.05) is 7.11 Å². The quantitative estimate of drug-likeness (QED) is 0.787. The second kappa shape index (κ2) is 3.65. The first-order valence-electron chi connectivity index (χ1n) is 5.67. The normalized spacial score (nSPS) is 18.7. The molecule has 1 aromatic carbocycles. The van der Waals surface area contributed by atoms with Gasteiger partial charge in [-0.25, -0.2) is 9.38 Å². The molecule has 1 aliphatic heterocycles. The van der Waals surface area contributed by atoms with E-state index in [1.54, 1.807) is 6.07 Å². The van der Waals surface area contributed by atoms with Crippen LogP contribution in [-0.4, -0.2) is 18.6 Å². The molecule has 17 heavy (non-hydrogen) atoms. The van der Waals surface area contributed by atoms with Gasteiger partial charge in [0.2, 0.25) is 0 Å². The fourth-order valence-electron chi connectivity index (χ4n) is 2.12. The van der Waals surface area contributed by atoms with Crippen molar-refractivity contribution in [3.05, 3.63) is 23.5 Å². The van der Waals surface area contributed by atoms with Crippen LogP contribution in [0.3, 0.4) is 0 Å². The molecule has 0 unspecified atom stereocenters. The molecule has 0 aromatic heterocycles. The van der Waals surface area contributed by atoms with Crippen LogP contribution in [0.4, 0.5) is 10.1 Å². The Morgan fingerprint density at radius 1 is 1.41 bits per heavy atom. The first-order valence-corrected chi connectivity index (χ1v) is 5.67. The third kappa shape index (κ3) is 1.73. The number of aliphatic imine (C=N–C) groups is 1. The van der Waals surface area contributed by atoms with E-state index >= 15 is 0 Å². The predicted molar refractivity (Wildman–Crippen MR) is 61.5 cm³/mol. The summed E-state index contributed by atoms with van der Waals surface area (Å²) in [5.74, 6) is 0.107. The number of ketones is 1. The highest BCUT2D eigenvalue weighted by atomic mass is 19.1. The van der Waals surface area contributed by atoms with Crippen molar-refractivity contribution in [3.63, 3.8) is 0 Å². The van der Waals surface area contributed by atoms with Crippen molar-refractivity contribution in [2.45, 2.75) is 19.3 Å². The smallest absolute Gasteiger partial charge is 0.181 e. The highest BCUT2D eigenvalue weighted by molar-refractivity contribution is 6.43. The topological polar surface area (TPSA) is 38.7 Å². The lowest BCUT2D eigenvalue weighted by Gasteiger charge is -2.15. The minimum atomic E-state index is -0.431. The maximum Gasteiger partial charge on any atom is 0.181 e. The van der Waals surface area contributed by atoms with Crippen molar-refractivity contribution in [1.82, 2.24) is 0 Å². The van der Waals surface area contributed by atoms with Crippen LogP contribution in [0.2, 0.25) is 0 Å². The van der Waals surface area contributed by atoms with Crippen LogP contribution in [0, 0.1) is 11.7 Å². The Hall–Kier alpha value is -1.71. The Labute approximate surface area is 98.3 Å². The summed E-state index contributed by atoms with van der Waals surface area (Å²) in [5, 5.41) is 0. The lowest BCUT2D eigenvalue weighted by Crippen LogP contribution is -2.21. The van der Waals surface area contributed by atoms with Crippen molar-refractivity contribution >= 4 is 17.2 Å². The Morgan fingerprint density at radius 3 is 2.82 bits per heavy atom.